The molecule has 0 saturated heterocycles. The first kappa shape index (κ1) is 13.3. The average molecular weight is 269 g/mol. The molecule has 100 valence electrons. The van der Waals surface area contributed by atoms with E-state index in [-0.39, 0.29) is 12.0 Å². The Morgan fingerprint density at radius 2 is 2.11 bits per heavy atom. The summed E-state index contributed by atoms with van der Waals surface area (Å²) in [6, 6.07) is 0. The molecule has 1 saturated carbocycles. The van der Waals surface area contributed by atoms with Crippen LogP contribution >= 0.6 is 11.5 Å². The number of anilines is 1. The Morgan fingerprint density at radius 3 is 2.61 bits per heavy atom. The van der Waals surface area contributed by atoms with Crippen molar-refractivity contribution in [2.45, 2.75) is 51.0 Å². The molecule has 18 heavy (non-hydrogen) atoms. The van der Waals surface area contributed by atoms with Gasteiger partial charge in [0.2, 0.25) is 5.13 Å². The molecular formula is C12H19N3O2S. The van der Waals surface area contributed by atoms with E-state index in [2.05, 4.69) is 9.36 Å². The molecule has 0 aromatic carbocycles. The first-order chi connectivity index (χ1) is 8.53. The maximum atomic E-state index is 11.2. The van der Waals surface area contributed by atoms with Crippen molar-refractivity contribution < 1.29 is 9.90 Å². The Morgan fingerprint density at radius 1 is 1.44 bits per heavy atom. The number of carboxylic acids is 1. The largest absolute Gasteiger partial charge is 0.481 e. The molecule has 0 amide bonds. The SMILES string of the molecule is Cc1nsc(N(C)C2(CC(=O)O)CCCCC2)n1. The number of aliphatic carboxylic acids is 1. The fourth-order valence-corrected chi connectivity index (χ4v) is 3.49. The highest BCUT2D eigenvalue weighted by atomic mass is 32.1. The van der Waals surface area contributed by atoms with Gasteiger partial charge in [-0.3, -0.25) is 4.79 Å². The molecule has 5 nitrogen and oxygen atoms in total. The van der Waals surface area contributed by atoms with Crippen LogP contribution in [0.1, 0.15) is 44.3 Å². The van der Waals surface area contributed by atoms with E-state index in [1.54, 1.807) is 0 Å². The minimum absolute atomic E-state index is 0.183. The van der Waals surface area contributed by atoms with Gasteiger partial charge in [-0.25, -0.2) is 4.98 Å². The maximum absolute atomic E-state index is 11.2. The van der Waals surface area contributed by atoms with Crippen molar-refractivity contribution in [3.63, 3.8) is 0 Å². The van der Waals surface area contributed by atoms with Crippen LogP contribution < -0.4 is 4.90 Å². The van der Waals surface area contributed by atoms with E-state index < -0.39 is 5.97 Å². The van der Waals surface area contributed by atoms with Gasteiger partial charge in [-0.15, -0.1) is 0 Å². The Hall–Kier alpha value is -1.17. The Labute approximate surface area is 111 Å². The van der Waals surface area contributed by atoms with E-state index in [1.165, 1.54) is 18.0 Å². The van der Waals surface area contributed by atoms with Gasteiger partial charge in [-0.1, -0.05) is 19.3 Å². The van der Waals surface area contributed by atoms with Crippen LogP contribution in [-0.4, -0.2) is 33.0 Å². The molecule has 1 heterocycles. The predicted octanol–water partition coefficient (Wildman–Crippen LogP) is 2.46. The quantitative estimate of drug-likeness (QED) is 0.909. The number of hydrogen-bond acceptors (Lipinski definition) is 5. The fourth-order valence-electron chi connectivity index (χ4n) is 2.75. The zero-order valence-electron chi connectivity index (χ0n) is 10.8. The molecule has 0 radical (unpaired) electrons. The minimum atomic E-state index is -0.731. The fraction of sp³-hybridized carbons (Fsp3) is 0.750. The summed E-state index contributed by atoms with van der Waals surface area (Å²) < 4.78 is 4.18. The van der Waals surface area contributed by atoms with Crippen molar-refractivity contribution in [2.24, 2.45) is 0 Å². The van der Waals surface area contributed by atoms with Gasteiger partial charge in [0.25, 0.3) is 0 Å². The van der Waals surface area contributed by atoms with Crippen molar-refractivity contribution in [2.75, 3.05) is 11.9 Å². The molecule has 0 spiro atoms. The number of nitrogens with zero attached hydrogens (tertiary/aromatic N) is 3. The van der Waals surface area contributed by atoms with Gasteiger partial charge in [0.15, 0.2) is 0 Å². The summed E-state index contributed by atoms with van der Waals surface area (Å²) in [4.78, 5) is 17.6. The molecule has 1 aliphatic carbocycles. The highest BCUT2D eigenvalue weighted by Gasteiger charge is 2.39. The normalized spacial score (nSPS) is 18.6. The van der Waals surface area contributed by atoms with Crippen LogP contribution in [0.2, 0.25) is 0 Å². The van der Waals surface area contributed by atoms with Gasteiger partial charge in [0.05, 0.1) is 12.0 Å². The molecule has 1 N–H and O–H groups in total. The maximum Gasteiger partial charge on any atom is 0.305 e. The molecule has 0 unspecified atom stereocenters. The van der Waals surface area contributed by atoms with E-state index >= 15 is 0 Å². The van der Waals surface area contributed by atoms with Crippen LogP contribution in [0.3, 0.4) is 0 Å². The molecule has 1 aromatic heterocycles. The van der Waals surface area contributed by atoms with Crippen LogP contribution in [0, 0.1) is 6.92 Å². The van der Waals surface area contributed by atoms with Crippen LogP contribution in [-0.2, 0) is 4.79 Å². The van der Waals surface area contributed by atoms with E-state index in [0.29, 0.717) is 0 Å². The first-order valence-corrected chi connectivity index (χ1v) is 7.07. The molecule has 0 bridgehead atoms. The topological polar surface area (TPSA) is 66.3 Å². The Balaban J connectivity index is 2.24. The van der Waals surface area contributed by atoms with Crippen LogP contribution in [0.25, 0.3) is 0 Å². The zero-order valence-corrected chi connectivity index (χ0v) is 11.7. The third-order valence-electron chi connectivity index (χ3n) is 3.78. The number of rotatable bonds is 4. The second-order valence-corrected chi connectivity index (χ2v) is 5.77. The van der Waals surface area contributed by atoms with Crippen molar-refractivity contribution >= 4 is 22.6 Å². The van der Waals surface area contributed by atoms with E-state index in [4.69, 9.17) is 0 Å². The number of hydrogen-bond donors (Lipinski definition) is 1. The first-order valence-electron chi connectivity index (χ1n) is 6.29. The summed E-state index contributed by atoms with van der Waals surface area (Å²) in [7, 11) is 1.95. The highest BCUT2D eigenvalue weighted by Crippen LogP contribution is 2.38. The Kier molecular flexibility index (Phi) is 3.85. The van der Waals surface area contributed by atoms with Gasteiger partial charge < -0.3 is 10.0 Å². The summed E-state index contributed by atoms with van der Waals surface area (Å²) in [5.41, 5.74) is -0.282. The lowest BCUT2D eigenvalue weighted by Gasteiger charge is -2.43. The highest BCUT2D eigenvalue weighted by molar-refractivity contribution is 7.09. The lowest BCUT2D eigenvalue weighted by atomic mass is 9.78. The summed E-state index contributed by atoms with van der Waals surface area (Å²) in [5, 5.41) is 10.0. The second kappa shape index (κ2) is 5.22. The molecule has 1 aliphatic rings. The summed E-state index contributed by atoms with van der Waals surface area (Å²) in [5.74, 6) is 0.0214. The van der Waals surface area contributed by atoms with Gasteiger partial charge in [0.1, 0.15) is 5.82 Å². The average Bonchev–Trinajstić information content (AvgIpc) is 2.75. The van der Waals surface area contributed by atoms with Gasteiger partial charge in [-0.2, -0.15) is 4.37 Å². The second-order valence-electron chi connectivity index (χ2n) is 5.04. The molecule has 6 heteroatoms. The minimum Gasteiger partial charge on any atom is -0.481 e. The van der Waals surface area contributed by atoms with E-state index in [1.807, 2.05) is 18.9 Å². The smallest absolute Gasteiger partial charge is 0.305 e. The number of carboxylic acid groups (broad SMARTS) is 1. The van der Waals surface area contributed by atoms with Gasteiger partial charge in [-0.05, 0) is 19.8 Å². The monoisotopic (exact) mass is 269 g/mol. The molecule has 2 rings (SSSR count). The van der Waals surface area contributed by atoms with Crippen LogP contribution in [0.15, 0.2) is 0 Å². The van der Waals surface area contributed by atoms with Crippen molar-refractivity contribution in [1.29, 1.82) is 0 Å². The van der Waals surface area contributed by atoms with E-state index in [9.17, 15) is 9.90 Å². The van der Waals surface area contributed by atoms with Gasteiger partial charge >= 0.3 is 5.97 Å². The summed E-state index contributed by atoms with van der Waals surface area (Å²) in [6.45, 7) is 1.86. The predicted molar refractivity (Wildman–Crippen MR) is 71.1 cm³/mol. The third kappa shape index (κ3) is 2.63. The van der Waals surface area contributed by atoms with Crippen LogP contribution in [0.5, 0.6) is 0 Å². The van der Waals surface area contributed by atoms with Crippen LogP contribution in [0.4, 0.5) is 5.13 Å². The third-order valence-corrected chi connectivity index (χ3v) is 4.66. The molecule has 1 fully saturated rings. The molecule has 0 atom stereocenters. The standard InChI is InChI=1S/C12H19N3O2S/c1-9-13-11(18-14-9)15(2)12(8-10(16)17)6-4-3-5-7-12/h3-8H2,1-2H3,(H,16,17). The van der Waals surface area contributed by atoms with Crippen molar-refractivity contribution in [3.8, 4) is 0 Å². The van der Waals surface area contributed by atoms with Crippen molar-refractivity contribution in [3.05, 3.63) is 5.82 Å². The molecular weight excluding hydrogens is 250 g/mol. The number of aromatic nitrogens is 2. The zero-order chi connectivity index (χ0) is 13.2. The number of aryl methyl sites for hydroxylation is 1. The van der Waals surface area contributed by atoms with Gasteiger partial charge in [0, 0.05) is 18.6 Å². The summed E-state index contributed by atoms with van der Waals surface area (Å²) >= 11 is 1.35. The van der Waals surface area contributed by atoms with E-state index in [0.717, 1.165) is 36.6 Å². The molecule has 0 aliphatic heterocycles. The number of carbonyl (C=O) groups is 1. The van der Waals surface area contributed by atoms with Crippen molar-refractivity contribution in [1.82, 2.24) is 9.36 Å². The Bertz CT molecular complexity index is 427. The molecule has 1 aromatic rings. The lowest BCUT2D eigenvalue weighted by molar-refractivity contribution is -0.138. The summed E-state index contributed by atoms with van der Waals surface area (Å²) in [6.07, 6.45) is 5.42. The lowest BCUT2D eigenvalue weighted by Crippen LogP contribution is -2.49.